The van der Waals surface area contributed by atoms with Crippen LogP contribution in [0.15, 0.2) is 21.7 Å². The first kappa shape index (κ1) is 20.3. The molecule has 0 radical (unpaired) electrons. The Morgan fingerprint density at radius 3 is 2.56 bits per heavy atom. The van der Waals surface area contributed by atoms with E-state index in [1.165, 1.54) is 7.05 Å². The minimum atomic E-state index is -3.57. The van der Waals surface area contributed by atoms with Gasteiger partial charge < -0.3 is 15.1 Å². The third-order valence-corrected chi connectivity index (χ3v) is 7.59. The lowest BCUT2D eigenvalue weighted by atomic mass is 10.3. The van der Waals surface area contributed by atoms with Gasteiger partial charge in [-0.2, -0.15) is 4.31 Å². The lowest BCUT2D eigenvalue weighted by Crippen LogP contribution is -2.46. The fourth-order valence-corrected chi connectivity index (χ4v) is 5.09. The maximum absolute atomic E-state index is 12.3. The number of rotatable bonds is 9. The predicted octanol–water partition coefficient (Wildman–Crippen LogP) is 0.512. The molecule has 9 heteroatoms. The van der Waals surface area contributed by atoms with Crippen LogP contribution < -0.4 is 5.32 Å². The largest absolute Gasteiger partial charge is 0.355 e. The number of hydrogen-bond donors (Lipinski definition) is 1. The van der Waals surface area contributed by atoms with Crippen LogP contribution in [0.2, 0.25) is 0 Å². The third kappa shape index (κ3) is 6.03. The van der Waals surface area contributed by atoms with Gasteiger partial charge >= 0.3 is 0 Å². The summed E-state index contributed by atoms with van der Waals surface area (Å²) in [6.07, 6.45) is 0.874. The van der Waals surface area contributed by atoms with Gasteiger partial charge in [0.15, 0.2) is 0 Å². The van der Waals surface area contributed by atoms with Crippen molar-refractivity contribution < 1.29 is 13.2 Å². The summed E-state index contributed by atoms with van der Waals surface area (Å²) < 4.78 is 25.9. The molecule has 0 unspecified atom stereocenters. The first-order valence-electron chi connectivity index (χ1n) is 8.64. The zero-order chi connectivity index (χ0) is 18.3. The molecule has 1 aromatic heterocycles. The fraction of sp³-hybridized carbons (Fsp3) is 0.688. The van der Waals surface area contributed by atoms with Gasteiger partial charge in [0.2, 0.25) is 5.91 Å². The van der Waals surface area contributed by atoms with Gasteiger partial charge in [-0.15, -0.1) is 11.3 Å². The van der Waals surface area contributed by atoms with Crippen LogP contribution in [0.25, 0.3) is 0 Å². The third-order valence-electron chi connectivity index (χ3n) is 4.41. The number of sulfonamides is 1. The molecule has 1 N–H and O–H groups in total. The van der Waals surface area contributed by atoms with Gasteiger partial charge in [0, 0.05) is 39.8 Å². The Morgan fingerprint density at radius 1 is 1.28 bits per heavy atom. The van der Waals surface area contributed by atoms with E-state index in [0.717, 1.165) is 61.3 Å². The zero-order valence-corrected chi connectivity index (χ0v) is 16.6. The summed E-state index contributed by atoms with van der Waals surface area (Å²) in [5.41, 5.74) is 0. The van der Waals surface area contributed by atoms with Crippen molar-refractivity contribution in [3.63, 3.8) is 0 Å². The zero-order valence-electron chi connectivity index (χ0n) is 15.0. The average molecular weight is 389 g/mol. The number of carbonyl (C=O) groups is 1. The lowest BCUT2D eigenvalue weighted by molar-refractivity contribution is -0.121. The molecule has 0 bridgehead atoms. The standard InChI is InChI=1S/C16H28N4O3S2/c1-3-19-9-11-20(12-10-19)8-5-7-17-15(21)14-18(2)25(22,23)16-6-4-13-24-16/h4,6,13H,3,5,7-12,14H2,1-2H3,(H,17,21). The van der Waals surface area contributed by atoms with Gasteiger partial charge in [-0.1, -0.05) is 13.0 Å². The lowest BCUT2D eigenvalue weighted by Gasteiger charge is -2.33. The molecule has 0 aromatic carbocycles. The molecule has 2 heterocycles. The van der Waals surface area contributed by atoms with E-state index in [1.807, 2.05) is 0 Å². The van der Waals surface area contributed by atoms with Gasteiger partial charge in [0.05, 0.1) is 6.54 Å². The molecule has 1 aliphatic rings. The number of hydrogen-bond acceptors (Lipinski definition) is 6. The van der Waals surface area contributed by atoms with Crippen LogP contribution in [0.1, 0.15) is 13.3 Å². The second-order valence-electron chi connectivity index (χ2n) is 6.17. The van der Waals surface area contributed by atoms with Gasteiger partial charge in [-0.25, -0.2) is 8.42 Å². The fourth-order valence-electron chi connectivity index (χ4n) is 2.77. The first-order chi connectivity index (χ1) is 11.9. The highest BCUT2D eigenvalue weighted by Crippen LogP contribution is 2.19. The van der Waals surface area contributed by atoms with Gasteiger partial charge in [0.1, 0.15) is 4.21 Å². The highest BCUT2D eigenvalue weighted by atomic mass is 32.2. The van der Waals surface area contributed by atoms with E-state index in [9.17, 15) is 13.2 Å². The highest BCUT2D eigenvalue weighted by Gasteiger charge is 2.23. The Balaban J connectivity index is 1.64. The quantitative estimate of drug-likeness (QED) is 0.624. The summed E-state index contributed by atoms with van der Waals surface area (Å²) in [5, 5.41) is 4.52. The molecule has 0 aliphatic carbocycles. The molecule has 142 valence electrons. The number of piperazine rings is 1. The van der Waals surface area contributed by atoms with Crippen molar-refractivity contribution in [1.82, 2.24) is 19.4 Å². The topological polar surface area (TPSA) is 73.0 Å². The highest BCUT2D eigenvalue weighted by molar-refractivity contribution is 7.91. The van der Waals surface area contributed by atoms with E-state index in [2.05, 4.69) is 22.0 Å². The predicted molar refractivity (Wildman–Crippen MR) is 100 cm³/mol. The summed E-state index contributed by atoms with van der Waals surface area (Å²) in [7, 11) is -2.14. The van der Waals surface area contributed by atoms with Crippen LogP contribution in [-0.2, 0) is 14.8 Å². The molecule has 0 saturated carbocycles. The molecular formula is C16H28N4O3S2. The van der Waals surface area contributed by atoms with Crippen LogP contribution in [0.4, 0.5) is 0 Å². The molecule has 7 nitrogen and oxygen atoms in total. The smallest absolute Gasteiger partial charge is 0.252 e. The van der Waals surface area contributed by atoms with E-state index < -0.39 is 10.0 Å². The minimum Gasteiger partial charge on any atom is -0.355 e. The number of amides is 1. The number of nitrogens with zero attached hydrogens (tertiary/aromatic N) is 3. The van der Waals surface area contributed by atoms with Gasteiger partial charge in [-0.05, 0) is 31.0 Å². The Morgan fingerprint density at radius 2 is 1.96 bits per heavy atom. The second-order valence-corrected chi connectivity index (χ2v) is 9.39. The summed E-state index contributed by atoms with van der Waals surface area (Å²) in [5.74, 6) is -0.265. The SMILES string of the molecule is CCN1CCN(CCCNC(=O)CN(C)S(=O)(=O)c2cccs2)CC1. The molecular weight excluding hydrogens is 360 g/mol. The van der Waals surface area contributed by atoms with E-state index >= 15 is 0 Å². The van der Waals surface area contributed by atoms with Gasteiger partial charge in [0.25, 0.3) is 10.0 Å². The Kier molecular flexibility index (Phi) is 7.82. The van der Waals surface area contributed by atoms with E-state index in [0.29, 0.717) is 6.54 Å². The molecule has 25 heavy (non-hydrogen) atoms. The minimum absolute atomic E-state index is 0.157. The maximum atomic E-state index is 12.3. The molecule has 0 atom stereocenters. The molecule has 1 fully saturated rings. The van der Waals surface area contributed by atoms with Crippen molar-refractivity contribution in [3.05, 3.63) is 17.5 Å². The Labute approximate surface area is 154 Å². The van der Waals surface area contributed by atoms with Crippen molar-refractivity contribution in [2.75, 3.05) is 59.4 Å². The normalized spacial score (nSPS) is 17.1. The van der Waals surface area contributed by atoms with E-state index in [-0.39, 0.29) is 16.7 Å². The molecule has 0 spiro atoms. The first-order valence-corrected chi connectivity index (χ1v) is 11.0. The van der Waals surface area contributed by atoms with Crippen molar-refractivity contribution in [2.24, 2.45) is 0 Å². The van der Waals surface area contributed by atoms with E-state index in [1.54, 1.807) is 17.5 Å². The molecule has 2 rings (SSSR count). The Bertz CT molecular complexity index is 626. The monoisotopic (exact) mass is 388 g/mol. The summed E-state index contributed by atoms with van der Waals surface area (Å²) in [6, 6.07) is 3.23. The molecule has 1 amide bonds. The molecule has 1 aliphatic heterocycles. The number of nitrogens with one attached hydrogen (secondary N) is 1. The summed E-state index contributed by atoms with van der Waals surface area (Å²) >= 11 is 1.15. The Hall–Kier alpha value is -1.00. The van der Waals surface area contributed by atoms with Crippen LogP contribution >= 0.6 is 11.3 Å². The average Bonchev–Trinajstić information content (AvgIpc) is 3.14. The summed E-state index contributed by atoms with van der Waals surface area (Å²) in [6.45, 7) is 9.01. The van der Waals surface area contributed by atoms with Crippen LogP contribution in [0, 0.1) is 0 Å². The number of likely N-dealkylation sites (N-methyl/N-ethyl adjacent to an activating group) is 2. The molecule has 1 saturated heterocycles. The van der Waals surface area contributed by atoms with Crippen molar-refractivity contribution in [1.29, 1.82) is 0 Å². The van der Waals surface area contributed by atoms with Gasteiger partial charge in [-0.3, -0.25) is 4.79 Å². The molecule has 1 aromatic rings. The second kappa shape index (κ2) is 9.63. The van der Waals surface area contributed by atoms with Crippen LogP contribution in [0.3, 0.4) is 0 Å². The van der Waals surface area contributed by atoms with E-state index in [4.69, 9.17) is 0 Å². The number of thiophene rings is 1. The van der Waals surface area contributed by atoms with Crippen LogP contribution in [0.5, 0.6) is 0 Å². The van der Waals surface area contributed by atoms with Crippen molar-refractivity contribution in [3.8, 4) is 0 Å². The van der Waals surface area contributed by atoms with Crippen molar-refractivity contribution in [2.45, 2.75) is 17.6 Å². The maximum Gasteiger partial charge on any atom is 0.252 e. The van der Waals surface area contributed by atoms with Crippen LogP contribution in [-0.4, -0.2) is 87.8 Å². The summed E-state index contributed by atoms with van der Waals surface area (Å²) in [4.78, 5) is 16.8. The number of carbonyl (C=O) groups excluding carboxylic acids is 1. The van der Waals surface area contributed by atoms with Crippen molar-refractivity contribution >= 4 is 27.3 Å².